The van der Waals surface area contributed by atoms with Crippen LogP contribution in [0.15, 0.2) is 61.2 Å². The van der Waals surface area contributed by atoms with Crippen LogP contribution in [0.5, 0.6) is 0 Å². The molecule has 32 heavy (non-hydrogen) atoms. The number of hydrogen-bond acceptors (Lipinski definition) is 7. The Morgan fingerprint density at radius 2 is 1.88 bits per heavy atom. The third-order valence-electron chi connectivity index (χ3n) is 4.74. The number of aromatic nitrogens is 4. The molecule has 0 radical (unpaired) electrons. The molecule has 1 aromatic carbocycles. The molecule has 0 aliphatic heterocycles. The molecular weight excluding hydrogens is 427 g/mol. The SMILES string of the molecule is Cc1nc(-c2cncc(N(C)Cc3cccnc3)n2)sc1C(=O)NCc1ccc(F)cc1. The molecule has 162 valence electrons. The maximum atomic E-state index is 13.0. The molecule has 0 atom stereocenters. The summed E-state index contributed by atoms with van der Waals surface area (Å²) in [6, 6.07) is 9.92. The summed E-state index contributed by atoms with van der Waals surface area (Å²) < 4.78 is 13.0. The van der Waals surface area contributed by atoms with Crippen molar-refractivity contribution in [3.63, 3.8) is 0 Å². The van der Waals surface area contributed by atoms with Gasteiger partial charge in [-0.1, -0.05) is 18.2 Å². The van der Waals surface area contributed by atoms with E-state index in [1.807, 2.05) is 30.3 Å². The highest BCUT2D eigenvalue weighted by molar-refractivity contribution is 7.17. The molecule has 0 spiro atoms. The first-order valence-electron chi connectivity index (χ1n) is 9.92. The van der Waals surface area contributed by atoms with Crippen molar-refractivity contribution in [2.24, 2.45) is 0 Å². The van der Waals surface area contributed by atoms with Crippen LogP contribution in [0.1, 0.15) is 26.5 Å². The Bertz CT molecular complexity index is 1210. The van der Waals surface area contributed by atoms with Gasteiger partial charge in [0.15, 0.2) is 0 Å². The zero-order valence-corrected chi connectivity index (χ0v) is 18.4. The van der Waals surface area contributed by atoms with E-state index in [2.05, 4.69) is 25.3 Å². The highest BCUT2D eigenvalue weighted by Gasteiger charge is 2.18. The molecule has 4 rings (SSSR count). The molecular formula is C23H21FN6OS. The van der Waals surface area contributed by atoms with Crippen molar-refractivity contribution in [2.45, 2.75) is 20.0 Å². The molecule has 3 heterocycles. The minimum absolute atomic E-state index is 0.228. The summed E-state index contributed by atoms with van der Waals surface area (Å²) in [5.74, 6) is 0.160. The number of carbonyl (C=O) groups excluding carboxylic acids is 1. The second-order valence-corrected chi connectivity index (χ2v) is 8.22. The molecule has 0 bridgehead atoms. The van der Waals surface area contributed by atoms with Crippen molar-refractivity contribution in [2.75, 3.05) is 11.9 Å². The first kappa shape index (κ1) is 21.5. The first-order chi connectivity index (χ1) is 15.5. The van der Waals surface area contributed by atoms with Crippen LogP contribution >= 0.6 is 11.3 Å². The van der Waals surface area contributed by atoms with Gasteiger partial charge in [0.1, 0.15) is 27.2 Å². The van der Waals surface area contributed by atoms with E-state index in [-0.39, 0.29) is 11.7 Å². The van der Waals surface area contributed by atoms with Gasteiger partial charge in [0.25, 0.3) is 5.91 Å². The molecule has 1 N–H and O–H groups in total. The number of anilines is 1. The van der Waals surface area contributed by atoms with Crippen LogP contribution in [0.3, 0.4) is 0 Å². The van der Waals surface area contributed by atoms with E-state index < -0.39 is 0 Å². The van der Waals surface area contributed by atoms with Crippen molar-refractivity contribution >= 4 is 23.1 Å². The maximum Gasteiger partial charge on any atom is 0.263 e. The van der Waals surface area contributed by atoms with Crippen molar-refractivity contribution in [1.29, 1.82) is 0 Å². The van der Waals surface area contributed by atoms with Gasteiger partial charge in [-0.05, 0) is 36.2 Å². The van der Waals surface area contributed by atoms with E-state index in [0.717, 1.165) is 11.1 Å². The fraction of sp³-hybridized carbons (Fsp3) is 0.174. The fourth-order valence-corrected chi connectivity index (χ4v) is 4.01. The molecule has 0 saturated heterocycles. The second kappa shape index (κ2) is 9.61. The maximum absolute atomic E-state index is 13.0. The summed E-state index contributed by atoms with van der Waals surface area (Å²) in [5.41, 5.74) is 3.11. The van der Waals surface area contributed by atoms with Gasteiger partial charge in [-0.2, -0.15) is 0 Å². The molecule has 9 heteroatoms. The van der Waals surface area contributed by atoms with Gasteiger partial charge < -0.3 is 10.2 Å². The van der Waals surface area contributed by atoms with Gasteiger partial charge in [-0.25, -0.2) is 14.4 Å². The number of halogens is 1. The Hall–Kier alpha value is -3.72. The highest BCUT2D eigenvalue weighted by atomic mass is 32.1. The Morgan fingerprint density at radius 3 is 2.62 bits per heavy atom. The number of amides is 1. The smallest absolute Gasteiger partial charge is 0.263 e. The van der Waals surface area contributed by atoms with Crippen LogP contribution in [0.4, 0.5) is 10.2 Å². The largest absolute Gasteiger partial charge is 0.354 e. The molecule has 0 saturated carbocycles. The van der Waals surface area contributed by atoms with Crippen LogP contribution in [0, 0.1) is 12.7 Å². The quantitative estimate of drug-likeness (QED) is 0.460. The Balaban J connectivity index is 1.47. The lowest BCUT2D eigenvalue weighted by atomic mass is 10.2. The summed E-state index contributed by atoms with van der Waals surface area (Å²) in [6.07, 6.45) is 6.88. The normalized spacial score (nSPS) is 10.7. The van der Waals surface area contributed by atoms with E-state index in [1.54, 1.807) is 37.6 Å². The Kier molecular flexibility index (Phi) is 6.46. The van der Waals surface area contributed by atoms with Gasteiger partial charge in [-0.15, -0.1) is 11.3 Å². The Morgan fingerprint density at radius 1 is 1.06 bits per heavy atom. The topological polar surface area (TPSA) is 83.9 Å². The van der Waals surface area contributed by atoms with Gasteiger partial charge >= 0.3 is 0 Å². The van der Waals surface area contributed by atoms with E-state index >= 15 is 0 Å². The predicted octanol–water partition coefficient (Wildman–Crippen LogP) is 4.01. The van der Waals surface area contributed by atoms with Gasteiger partial charge in [-0.3, -0.25) is 14.8 Å². The lowest BCUT2D eigenvalue weighted by Crippen LogP contribution is -2.22. The molecule has 1 amide bonds. The Labute approximate surface area is 189 Å². The summed E-state index contributed by atoms with van der Waals surface area (Å²) in [6.45, 7) is 2.73. The standard InChI is InChI=1S/C23H21FN6OS/c1-15-21(22(31)27-11-16-5-7-18(24)8-6-16)32-23(28-15)19-12-26-13-20(29-19)30(2)14-17-4-3-9-25-10-17/h3-10,12-13H,11,14H2,1-2H3,(H,27,31). The number of carbonyl (C=O) groups is 1. The minimum atomic E-state index is -0.308. The molecule has 0 aliphatic carbocycles. The molecule has 0 aliphatic rings. The summed E-state index contributed by atoms with van der Waals surface area (Å²) in [7, 11) is 1.93. The highest BCUT2D eigenvalue weighted by Crippen LogP contribution is 2.27. The molecule has 0 fully saturated rings. The molecule has 7 nitrogen and oxygen atoms in total. The predicted molar refractivity (Wildman–Crippen MR) is 122 cm³/mol. The molecule has 0 unspecified atom stereocenters. The van der Waals surface area contributed by atoms with E-state index in [0.29, 0.717) is 40.2 Å². The van der Waals surface area contributed by atoms with Crippen LogP contribution in [-0.4, -0.2) is 32.9 Å². The fourth-order valence-electron chi connectivity index (χ4n) is 3.07. The summed E-state index contributed by atoms with van der Waals surface area (Å²) in [5, 5.41) is 3.48. The van der Waals surface area contributed by atoms with Crippen molar-refractivity contribution in [3.8, 4) is 10.7 Å². The number of nitrogens with one attached hydrogen (secondary N) is 1. The average molecular weight is 449 g/mol. The van der Waals surface area contributed by atoms with Crippen molar-refractivity contribution < 1.29 is 9.18 Å². The zero-order valence-electron chi connectivity index (χ0n) is 17.6. The van der Waals surface area contributed by atoms with E-state index in [4.69, 9.17) is 0 Å². The number of benzene rings is 1. The third kappa shape index (κ3) is 5.12. The van der Waals surface area contributed by atoms with Crippen LogP contribution < -0.4 is 10.2 Å². The number of aryl methyl sites for hydroxylation is 1. The lowest BCUT2D eigenvalue weighted by molar-refractivity contribution is 0.0954. The van der Waals surface area contributed by atoms with Crippen LogP contribution in [0.2, 0.25) is 0 Å². The van der Waals surface area contributed by atoms with Gasteiger partial charge in [0, 0.05) is 32.5 Å². The number of pyridine rings is 1. The summed E-state index contributed by atoms with van der Waals surface area (Å²) in [4.78, 5) is 32.8. The monoisotopic (exact) mass is 448 g/mol. The van der Waals surface area contributed by atoms with E-state index in [1.165, 1.54) is 23.5 Å². The average Bonchev–Trinajstić information content (AvgIpc) is 3.21. The van der Waals surface area contributed by atoms with E-state index in [9.17, 15) is 9.18 Å². The van der Waals surface area contributed by atoms with Crippen molar-refractivity contribution in [3.05, 3.63) is 88.7 Å². The zero-order chi connectivity index (χ0) is 22.5. The first-order valence-corrected chi connectivity index (χ1v) is 10.7. The number of rotatable bonds is 7. The third-order valence-corrected chi connectivity index (χ3v) is 5.92. The number of nitrogens with zero attached hydrogens (tertiary/aromatic N) is 5. The lowest BCUT2D eigenvalue weighted by Gasteiger charge is -2.17. The second-order valence-electron chi connectivity index (χ2n) is 7.22. The van der Waals surface area contributed by atoms with Crippen LogP contribution in [0.25, 0.3) is 10.7 Å². The number of hydrogen-bond donors (Lipinski definition) is 1. The number of thiazole rings is 1. The summed E-state index contributed by atoms with van der Waals surface area (Å²) >= 11 is 1.27. The van der Waals surface area contributed by atoms with Gasteiger partial charge in [0.05, 0.1) is 18.1 Å². The van der Waals surface area contributed by atoms with Crippen LogP contribution in [-0.2, 0) is 13.1 Å². The molecule has 4 aromatic rings. The van der Waals surface area contributed by atoms with Gasteiger partial charge in [0.2, 0.25) is 0 Å². The minimum Gasteiger partial charge on any atom is -0.354 e. The molecule has 3 aromatic heterocycles. The van der Waals surface area contributed by atoms with Crippen molar-refractivity contribution in [1.82, 2.24) is 25.3 Å².